The molecule has 1 unspecified atom stereocenters. The van der Waals surface area contributed by atoms with Gasteiger partial charge in [-0.3, -0.25) is 0 Å². The van der Waals surface area contributed by atoms with Gasteiger partial charge in [0.2, 0.25) is 0 Å². The van der Waals surface area contributed by atoms with Crippen LogP contribution in [0.1, 0.15) is 35.2 Å². The maximum absolute atomic E-state index is 6.59. The van der Waals surface area contributed by atoms with Crippen molar-refractivity contribution in [1.29, 1.82) is 0 Å². The van der Waals surface area contributed by atoms with Crippen LogP contribution >= 0.6 is 46.1 Å². The van der Waals surface area contributed by atoms with Gasteiger partial charge in [-0.15, -0.1) is 22.9 Å². The lowest BCUT2D eigenvalue weighted by Gasteiger charge is -2.15. The molecule has 0 fully saturated rings. The Morgan fingerprint density at radius 1 is 1.20 bits per heavy atom. The number of aryl methyl sites for hydroxylation is 1. The van der Waals surface area contributed by atoms with Crippen LogP contribution in [0.15, 0.2) is 23.6 Å². The summed E-state index contributed by atoms with van der Waals surface area (Å²) >= 11 is 20.8. The lowest BCUT2D eigenvalue weighted by Crippen LogP contribution is -1.98. The van der Waals surface area contributed by atoms with Crippen LogP contribution in [0.25, 0.3) is 0 Å². The summed E-state index contributed by atoms with van der Waals surface area (Å²) in [5, 5.41) is 2.87. The second-order valence-corrected chi connectivity index (χ2v) is 6.46. The lowest BCUT2D eigenvalue weighted by atomic mass is 10.1. The standard InChI is InChI=1S/C15H15Cl3OS/c1-3-9-5-6-20-15(9)14(18)10-7-12(17)13(19-4-2)8-11(10)16/h5-8,14H,3-4H2,1-2H3. The number of hydrogen-bond acceptors (Lipinski definition) is 2. The second kappa shape index (κ2) is 7.04. The Morgan fingerprint density at radius 3 is 2.60 bits per heavy atom. The monoisotopic (exact) mass is 348 g/mol. The molecule has 0 aliphatic heterocycles. The number of hydrogen-bond donors (Lipinski definition) is 0. The Hall–Kier alpha value is -0.410. The molecule has 0 N–H and O–H groups in total. The van der Waals surface area contributed by atoms with E-state index in [1.54, 1.807) is 23.5 Å². The zero-order valence-electron chi connectivity index (χ0n) is 11.3. The minimum absolute atomic E-state index is 0.286. The molecule has 0 amide bonds. The average Bonchev–Trinajstić information content (AvgIpc) is 2.90. The predicted octanol–water partition coefficient (Wildman–Crippen LogP) is 6.34. The third kappa shape index (κ3) is 3.25. The van der Waals surface area contributed by atoms with Crippen molar-refractivity contribution in [3.8, 4) is 5.75 Å². The molecule has 0 saturated heterocycles. The van der Waals surface area contributed by atoms with Crippen LogP contribution in [0.5, 0.6) is 5.75 Å². The van der Waals surface area contributed by atoms with Crippen LogP contribution in [0, 0.1) is 0 Å². The molecule has 2 aromatic rings. The van der Waals surface area contributed by atoms with Crippen LogP contribution < -0.4 is 4.74 Å². The molecule has 20 heavy (non-hydrogen) atoms. The summed E-state index contributed by atoms with van der Waals surface area (Å²) in [6.07, 6.45) is 0.949. The van der Waals surface area contributed by atoms with Gasteiger partial charge >= 0.3 is 0 Å². The fraction of sp³-hybridized carbons (Fsp3) is 0.333. The molecule has 0 aliphatic carbocycles. The minimum atomic E-state index is -0.286. The van der Waals surface area contributed by atoms with Crippen LogP contribution in [0.4, 0.5) is 0 Å². The largest absolute Gasteiger partial charge is 0.492 e. The van der Waals surface area contributed by atoms with E-state index < -0.39 is 0 Å². The summed E-state index contributed by atoms with van der Waals surface area (Å²) < 4.78 is 5.43. The SMILES string of the molecule is CCOc1cc(Cl)c(C(Cl)c2sccc2CC)cc1Cl. The molecule has 0 bridgehead atoms. The zero-order chi connectivity index (χ0) is 14.7. The van der Waals surface area contributed by atoms with Crippen molar-refractivity contribution in [2.75, 3.05) is 6.61 Å². The molecule has 1 aromatic carbocycles. The highest BCUT2D eigenvalue weighted by atomic mass is 35.5. The quantitative estimate of drug-likeness (QED) is 0.572. The molecular formula is C15H15Cl3OS. The highest BCUT2D eigenvalue weighted by molar-refractivity contribution is 7.10. The molecule has 0 spiro atoms. The maximum atomic E-state index is 6.59. The van der Waals surface area contributed by atoms with E-state index in [-0.39, 0.29) is 5.38 Å². The number of rotatable bonds is 5. The molecule has 1 heterocycles. The van der Waals surface area contributed by atoms with Gasteiger partial charge in [0.15, 0.2) is 0 Å². The Labute approximate surface area is 138 Å². The van der Waals surface area contributed by atoms with Crippen LogP contribution in [-0.4, -0.2) is 6.61 Å². The zero-order valence-corrected chi connectivity index (χ0v) is 14.3. The molecule has 0 saturated carbocycles. The minimum Gasteiger partial charge on any atom is -0.492 e. The fourth-order valence-corrected chi connectivity index (χ4v) is 4.02. The van der Waals surface area contributed by atoms with E-state index in [0.29, 0.717) is 22.4 Å². The molecule has 0 radical (unpaired) electrons. The Balaban J connectivity index is 2.40. The molecule has 1 atom stereocenters. The first-order valence-electron chi connectivity index (χ1n) is 6.40. The first-order valence-corrected chi connectivity index (χ1v) is 8.47. The van der Waals surface area contributed by atoms with E-state index in [0.717, 1.165) is 16.9 Å². The van der Waals surface area contributed by atoms with Crippen LogP contribution in [0.3, 0.4) is 0 Å². The fourth-order valence-electron chi connectivity index (χ4n) is 2.01. The summed E-state index contributed by atoms with van der Waals surface area (Å²) in [5.41, 5.74) is 2.06. The summed E-state index contributed by atoms with van der Waals surface area (Å²) in [6.45, 7) is 4.56. The summed E-state index contributed by atoms with van der Waals surface area (Å²) in [5.74, 6) is 0.591. The van der Waals surface area contributed by atoms with Gasteiger partial charge in [0.25, 0.3) is 0 Å². The normalized spacial score (nSPS) is 12.4. The van der Waals surface area contributed by atoms with Crippen molar-refractivity contribution in [2.24, 2.45) is 0 Å². The van der Waals surface area contributed by atoms with Gasteiger partial charge in [0.1, 0.15) is 5.75 Å². The molecule has 1 nitrogen and oxygen atoms in total. The van der Waals surface area contributed by atoms with E-state index in [1.807, 2.05) is 12.3 Å². The third-order valence-electron chi connectivity index (χ3n) is 3.02. The predicted molar refractivity (Wildman–Crippen MR) is 89.0 cm³/mol. The van der Waals surface area contributed by atoms with Gasteiger partial charge in [-0.25, -0.2) is 0 Å². The summed E-state index contributed by atoms with van der Waals surface area (Å²) in [6, 6.07) is 5.63. The molecule has 5 heteroatoms. The van der Waals surface area contributed by atoms with E-state index in [2.05, 4.69) is 13.0 Å². The van der Waals surface area contributed by atoms with Gasteiger partial charge in [-0.1, -0.05) is 30.1 Å². The number of thiophene rings is 1. The van der Waals surface area contributed by atoms with E-state index in [1.165, 1.54) is 5.56 Å². The van der Waals surface area contributed by atoms with Crippen molar-refractivity contribution in [3.63, 3.8) is 0 Å². The van der Waals surface area contributed by atoms with Gasteiger partial charge in [0.05, 0.1) is 17.0 Å². The highest BCUT2D eigenvalue weighted by Crippen LogP contribution is 2.41. The van der Waals surface area contributed by atoms with Gasteiger partial charge in [0, 0.05) is 16.0 Å². The van der Waals surface area contributed by atoms with E-state index >= 15 is 0 Å². The van der Waals surface area contributed by atoms with Gasteiger partial charge in [-0.2, -0.15) is 0 Å². The number of benzene rings is 1. The smallest absolute Gasteiger partial charge is 0.139 e. The molecular weight excluding hydrogens is 335 g/mol. The van der Waals surface area contributed by atoms with Crippen molar-refractivity contribution in [3.05, 3.63) is 49.6 Å². The third-order valence-corrected chi connectivity index (χ3v) is 5.25. The second-order valence-electron chi connectivity index (χ2n) is 4.26. The highest BCUT2D eigenvalue weighted by Gasteiger charge is 2.20. The molecule has 1 aromatic heterocycles. The number of ether oxygens (including phenoxy) is 1. The van der Waals surface area contributed by atoms with E-state index in [4.69, 9.17) is 39.5 Å². The first kappa shape index (κ1) is 16.0. The molecule has 0 aliphatic rings. The maximum Gasteiger partial charge on any atom is 0.139 e. The molecule has 2 rings (SSSR count). The summed E-state index contributed by atoms with van der Waals surface area (Å²) in [4.78, 5) is 1.12. The van der Waals surface area contributed by atoms with Gasteiger partial charge in [-0.05, 0) is 42.0 Å². The average molecular weight is 350 g/mol. The Bertz CT molecular complexity index is 595. The van der Waals surface area contributed by atoms with E-state index in [9.17, 15) is 0 Å². The summed E-state index contributed by atoms with van der Waals surface area (Å²) in [7, 11) is 0. The van der Waals surface area contributed by atoms with Crippen LogP contribution in [0.2, 0.25) is 10.0 Å². The van der Waals surface area contributed by atoms with Crippen molar-refractivity contribution >= 4 is 46.1 Å². The van der Waals surface area contributed by atoms with Gasteiger partial charge < -0.3 is 4.74 Å². The number of alkyl halides is 1. The topological polar surface area (TPSA) is 9.23 Å². The van der Waals surface area contributed by atoms with Crippen molar-refractivity contribution in [2.45, 2.75) is 25.6 Å². The van der Waals surface area contributed by atoms with Crippen molar-refractivity contribution in [1.82, 2.24) is 0 Å². The Kier molecular flexibility index (Phi) is 5.62. The first-order chi connectivity index (χ1) is 9.58. The lowest BCUT2D eigenvalue weighted by molar-refractivity contribution is 0.340. The van der Waals surface area contributed by atoms with Crippen molar-refractivity contribution < 1.29 is 4.74 Å². The van der Waals surface area contributed by atoms with Crippen LogP contribution in [-0.2, 0) is 6.42 Å². The number of halogens is 3. The molecule has 108 valence electrons. The Morgan fingerprint density at radius 2 is 1.95 bits per heavy atom.